The lowest BCUT2D eigenvalue weighted by Crippen LogP contribution is -2.52. The first kappa shape index (κ1) is 21.0. The molecule has 6 rings (SSSR count). The monoisotopic (exact) mass is 457 g/mol. The Morgan fingerprint density at radius 2 is 1.82 bits per heavy atom. The van der Waals surface area contributed by atoms with Gasteiger partial charge < -0.3 is 9.88 Å². The van der Waals surface area contributed by atoms with E-state index in [4.69, 9.17) is 4.98 Å². The molecule has 1 atom stereocenters. The number of carbonyl (C=O) groups excluding carboxylic acids is 3. The number of nitrogens with zero attached hydrogens (tertiary/aromatic N) is 3. The zero-order valence-corrected chi connectivity index (χ0v) is 18.9. The number of rotatable bonds is 4. The summed E-state index contributed by atoms with van der Waals surface area (Å²) in [6, 6.07) is 13.7. The van der Waals surface area contributed by atoms with Gasteiger partial charge in [0, 0.05) is 18.5 Å². The van der Waals surface area contributed by atoms with Crippen LogP contribution in [-0.2, 0) is 22.7 Å². The van der Waals surface area contributed by atoms with Crippen molar-refractivity contribution in [2.24, 2.45) is 0 Å². The average molecular weight is 458 g/mol. The maximum atomic E-state index is 12.9. The summed E-state index contributed by atoms with van der Waals surface area (Å²) < 4.78 is 0. The second-order valence-electron chi connectivity index (χ2n) is 9.57. The van der Waals surface area contributed by atoms with Gasteiger partial charge in [0.15, 0.2) is 0 Å². The molecular formula is C26H27N5O3. The standard InChI is InChI=1S/C26H27N5O3/c32-24-8-7-22(25(33)29-24)31-14-18-13-17(5-6-19(18)26(31)34)16-9-11-30(12-10-16)15-23-27-20-3-1-2-4-21(20)28-23/h1-6,13,16,22H,7-12,14-15H2,(H,27,28)(H,29,32,33). The number of H-pyrrole nitrogens is 1. The summed E-state index contributed by atoms with van der Waals surface area (Å²) in [7, 11) is 0. The lowest BCUT2D eigenvalue weighted by atomic mass is 9.88. The van der Waals surface area contributed by atoms with Crippen LogP contribution in [0.15, 0.2) is 42.5 Å². The fourth-order valence-corrected chi connectivity index (χ4v) is 5.57. The van der Waals surface area contributed by atoms with E-state index >= 15 is 0 Å². The Balaban J connectivity index is 1.10. The minimum Gasteiger partial charge on any atom is -0.341 e. The van der Waals surface area contributed by atoms with Crippen LogP contribution >= 0.6 is 0 Å². The van der Waals surface area contributed by atoms with E-state index in [1.165, 1.54) is 5.56 Å². The minimum atomic E-state index is -0.567. The maximum absolute atomic E-state index is 12.9. The van der Waals surface area contributed by atoms with Crippen LogP contribution in [0.5, 0.6) is 0 Å². The van der Waals surface area contributed by atoms with E-state index < -0.39 is 6.04 Å². The van der Waals surface area contributed by atoms with E-state index in [1.807, 2.05) is 24.3 Å². The molecule has 1 unspecified atom stereocenters. The zero-order chi connectivity index (χ0) is 23.2. The van der Waals surface area contributed by atoms with Gasteiger partial charge in [-0.05, 0) is 67.6 Å². The number of hydrogen-bond acceptors (Lipinski definition) is 5. The molecule has 1 aromatic heterocycles. The molecule has 0 spiro atoms. The van der Waals surface area contributed by atoms with Crippen LogP contribution in [0.3, 0.4) is 0 Å². The van der Waals surface area contributed by atoms with Crippen molar-refractivity contribution in [2.45, 2.75) is 50.7 Å². The second kappa shape index (κ2) is 8.36. The molecule has 2 saturated heterocycles. The van der Waals surface area contributed by atoms with Gasteiger partial charge in [-0.15, -0.1) is 0 Å². The van der Waals surface area contributed by atoms with Crippen molar-refractivity contribution in [3.05, 3.63) is 65.0 Å². The molecule has 2 N–H and O–H groups in total. The first-order valence-electron chi connectivity index (χ1n) is 12.0. The van der Waals surface area contributed by atoms with Gasteiger partial charge in [0.2, 0.25) is 11.8 Å². The van der Waals surface area contributed by atoms with Gasteiger partial charge in [0.05, 0.1) is 17.6 Å². The first-order chi connectivity index (χ1) is 16.5. The van der Waals surface area contributed by atoms with E-state index in [0.717, 1.165) is 54.9 Å². The molecule has 3 aliphatic rings. The number of amides is 3. The predicted molar refractivity (Wildman–Crippen MR) is 126 cm³/mol. The van der Waals surface area contributed by atoms with E-state index in [1.54, 1.807) is 4.90 Å². The summed E-state index contributed by atoms with van der Waals surface area (Å²) >= 11 is 0. The Bertz CT molecular complexity index is 1260. The second-order valence-corrected chi connectivity index (χ2v) is 9.57. The number of carbonyl (C=O) groups is 3. The highest BCUT2D eigenvalue weighted by molar-refractivity contribution is 6.05. The highest BCUT2D eigenvalue weighted by atomic mass is 16.2. The molecule has 4 heterocycles. The van der Waals surface area contributed by atoms with Gasteiger partial charge in [-0.3, -0.25) is 24.6 Å². The van der Waals surface area contributed by atoms with Crippen molar-refractivity contribution in [2.75, 3.05) is 13.1 Å². The summed E-state index contributed by atoms with van der Waals surface area (Å²) in [5.74, 6) is 0.715. The van der Waals surface area contributed by atoms with Gasteiger partial charge in [0.1, 0.15) is 11.9 Å². The van der Waals surface area contributed by atoms with Crippen LogP contribution in [0.4, 0.5) is 0 Å². The molecule has 0 saturated carbocycles. The summed E-state index contributed by atoms with van der Waals surface area (Å²) in [5.41, 5.74) is 5.01. The van der Waals surface area contributed by atoms with Crippen molar-refractivity contribution in [3.8, 4) is 0 Å². The highest BCUT2D eigenvalue weighted by Crippen LogP contribution is 2.34. The minimum absolute atomic E-state index is 0.114. The largest absolute Gasteiger partial charge is 0.341 e. The number of imide groups is 1. The molecular weight excluding hydrogens is 430 g/mol. The molecule has 174 valence electrons. The summed E-state index contributed by atoms with van der Waals surface area (Å²) in [6.45, 7) is 3.25. The number of fused-ring (bicyclic) bond motifs is 2. The van der Waals surface area contributed by atoms with Crippen LogP contribution < -0.4 is 5.32 Å². The fraction of sp³-hybridized carbons (Fsp3) is 0.385. The first-order valence-corrected chi connectivity index (χ1v) is 12.0. The Labute approximate surface area is 197 Å². The van der Waals surface area contributed by atoms with Crippen LogP contribution in [0, 0.1) is 0 Å². The third kappa shape index (κ3) is 3.77. The molecule has 2 fully saturated rings. The number of piperidine rings is 2. The van der Waals surface area contributed by atoms with Crippen LogP contribution in [0.25, 0.3) is 11.0 Å². The molecule has 0 aliphatic carbocycles. The Morgan fingerprint density at radius 3 is 2.62 bits per heavy atom. The highest BCUT2D eigenvalue weighted by Gasteiger charge is 2.39. The number of imidazole rings is 1. The number of nitrogens with one attached hydrogen (secondary N) is 2. The van der Waals surface area contributed by atoms with Gasteiger partial charge >= 0.3 is 0 Å². The molecule has 3 amide bonds. The van der Waals surface area contributed by atoms with Crippen LogP contribution in [0.1, 0.15) is 58.9 Å². The topological polar surface area (TPSA) is 98.4 Å². The molecule has 34 heavy (non-hydrogen) atoms. The average Bonchev–Trinajstić information content (AvgIpc) is 3.39. The number of para-hydroxylation sites is 2. The number of aromatic amines is 1. The van der Waals surface area contributed by atoms with Crippen molar-refractivity contribution in [1.82, 2.24) is 25.1 Å². The molecule has 2 aromatic carbocycles. The SMILES string of the molecule is O=C1CCC(N2Cc3cc(C4CCN(Cc5nc6ccccc6[nH]5)CC4)ccc3C2=O)C(=O)N1. The molecule has 8 nitrogen and oxygen atoms in total. The van der Waals surface area contributed by atoms with E-state index in [0.29, 0.717) is 24.4 Å². The lowest BCUT2D eigenvalue weighted by Gasteiger charge is -2.31. The van der Waals surface area contributed by atoms with E-state index in [2.05, 4.69) is 33.4 Å². The van der Waals surface area contributed by atoms with Gasteiger partial charge in [0.25, 0.3) is 5.91 Å². The summed E-state index contributed by atoms with van der Waals surface area (Å²) in [6.07, 6.45) is 2.78. The van der Waals surface area contributed by atoms with Crippen LogP contribution in [-0.4, -0.2) is 56.6 Å². The number of aromatic nitrogens is 2. The molecule has 8 heteroatoms. The smallest absolute Gasteiger partial charge is 0.255 e. The molecule has 3 aromatic rings. The Morgan fingerprint density at radius 1 is 1.00 bits per heavy atom. The molecule has 0 radical (unpaired) electrons. The van der Waals surface area contributed by atoms with Gasteiger partial charge in [-0.2, -0.15) is 0 Å². The summed E-state index contributed by atoms with van der Waals surface area (Å²) in [5, 5.41) is 2.36. The fourth-order valence-electron chi connectivity index (χ4n) is 5.57. The number of benzene rings is 2. The van der Waals surface area contributed by atoms with E-state index in [9.17, 15) is 14.4 Å². The zero-order valence-electron chi connectivity index (χ0n) is 18.9. The number of hydrogen-bond donors (Lipinski definition) is 2. The Hall–Kier alpha value is -3.52. The normalized spacial score (nSPS) is 21.8. The molecule has 0 bridgehead atoms. The Kier molecular flexibility index (Phi) is 5.17. The van der Waals surface area contributed by atoms with Gasteiger partial charge in [-0.1, -0.05) is 24.3 Å². The lowest BCUT2D eigenvalue weighted by molar-refractivity contribution is -0.136. The van der Waals surface area contributed by atoms with Crippen molar-refractivity contribution >= 4 is 28.8 Å². The number of likely N-dealkylation sites (tertiary alicyclic amines) is 1. The van der Waals surface area contributed by atoms with Crippen LogP contribution in [0.2, 0.25) is 0 Å². The van der Waals surface area contributed by atoms with Crippen molar-refractivity contribution < 1.29 is 14.4 Å². The predicted octanol–water partition coefficient (Wildman–Crippen LogP) is 2.70. The quantitative estimate of drug-likeness (QED) is 0.587. The van der Waals surface area contributed by atoms with Crippen molar-refractivity contribution in [3.63, 3.8) is 0 Å². The third-order valence-electron chi connectivity index (χ3n) is 7.42. The molecule has 3 aliphatic heterocycles. The van der Waals surface area contributed by atoms with E-state index in [-0.39, 0.29) is 24.1 Å². The maximum Gasteiger partial charge on any atom is 0.255 e. The van der Waals surface area contributed by atoms with Gasteiger partial charge in [-0.25, -0.2) is 4.98 Å². The third-order valence-corrected chi connectivity index (χ3v) is 7.42. The van der Waals surface area contributed by atoms with Crippen molar-refractivity contribution in [1.29, 1.82) is 0 Å². The summed E-state index contributed by atoms with van der Waals surface area (Å²) in [4.78, 5) is 48.9.